The van der Waals surface area contributed by atoms with Crippen LogP contribution in [0.25, 0.3) is 0 Å². The standard InChI is InChI=1S/C6H8N3OS/c1-2-8-5(10)4-3-11-6(7)9-4/h3,7H,2H2,1H3,(H,8,10). The molecule has 1 aromatic rings. The maximum Gasteiger partial charge on any atom is 0.270 e. The maximum absolute atomic E-state index is 11.0. The molecule has 0 aromatic carbocycles. The second kappa shape index (κ2) is 3.34. The lowest BCUT2D eigenvalue weighted by atomic mass is 10.4. The van der Waals surface area contributed by atoms with Crippen molar-refractivity contribution in [2.75, 3.05) is 6.54 Å². The van der Waals surface area contributed by atoms with Gasteiger partial charge in [0.1, 0.15) is 5.69 Å². The fraction of sp³-hybridized carbons (Fsp3) is 0.333. The van der Waals surface area contributed by atoms with Gasteiger partial charge in [0.05, 0.1) is 0 Å². The molecule has 0 spiro atoms. The monoisotopic (exact) mass is 170 g/mol. The van der Waals surface area contributed by atoms with Crippen LogP contribution in [0, 0.1) is 0 Å². The number of carbonyl (C=O) groups excluding carboxylic acids is 1. The van der Waals surface area contributed by atoms with Gasteiger partial charge < -0.3 is 5.32 Å². The molecule has 0 aliphatic carbocycles. The first kappa shape index (κ1) is 8.00. The fourth-order valence-electron chi connectivity index (χ4n) is 0.629. The highest BCUT2D eigenvalue weighted by Gasteiger charge is 2.07. The molecular formula is C6H8N3OS. The summed E-state index contributed by atoms with van der Waals surface area (Å²) >= 11 is 1.15. The predicted octanol–water partition coefficient (Wildman–Crippen LogP) is 0.807. The summed E-state index contributed by atoms with van der Waals surface area (Å²) in [4.78, 5) is 14.7. The zero-order chi connectivity index (χ0) is 8.27. The van der Waals surface area contributed by atoms with Crippen LogP contribution in [0.2, 0.25) is 0 Å². The molecule has 1 aromatic heterocycles. The number of thiazole rings is 1. The van der Waals surface area contributed by atoms with Crippen molar-refractivity contribution in [2.24, 2.45) is 0 Å². The number of hydrogen-bond donors (Lipinski definition) is 1. The van der Waals surface area contributed by atoms with E-state index in [1.807, 2.05) is 6.92 Å². The van der Waals surface area contributed by atoms with Crippen LogP contribution in [-0.4, -0.2) is 17.4 Å². The van der Waals surface area contributed by atoms with Gasteiger partial charge in [0.25, 0.3) is 5.91 Å². The number of aromatic nitrogens is 1. The van der Waals surface area contributed by atoms with Crippen LogP contribution < -0.4 is 11.1 Å². The van der Waals surface area contributed by atoms with Crippen molar-refractivity contribution in [1.29, 1.82) is 0 Å². The van der Waals surface area contributed by atoms with Crippen molar-refractivity contribution in [3.63, 3.8) is 0 Å². The maximum atomic E-state index is 11.0. The van der Waals surface area contributed by atoms with Gasteiger partial charge in [-0.25, -0.2) is 4.98 Å². The predicted molar refractivity (Wildman–Crippen MR) is 42.9 cm³/mol. The average molecular weight is 170 g/mol. The van der Waals surface area contributed by atoms with E-state index >= 15 is 0 Å². The van der Waals surface area contributed by atoms with Gasteiger partial charge in [-0.15, -0.1) is 11.3 Å². The molecule has 1 radical (unpaired) electrons. The van der Waals surface area contributed by atoms with Gasteiger partial charge in [0.15, 0.2) is 0 Å². The third kappa shape index (κ3) is 1.91. The largest absolute Gasteiger partial charge is 0.351 e. The lowest BCUT2D eigenvalue weighted by Gasteiger charge is -1.95. The zero-order valence-corrected chi connectivity index (χ0v) is 6.86. The van der Waals surface area contributed by atoms with Crippen LogP contribution in [0.1, 0.15) is 17.4 Å². The van der Waals surface area contributed by atoms with Gasteiger partial charge in [-0.1, -0.05) is 0 Å². The normalized spacial score (nSPS) is 9.55. The third-order valence-corrected chi connectivity index (χ3v) is 1.73. The van der Waals surface area contributed by atoms with E-state index in [1.165, 1.54) is 0 Å². The van der Waals surface area contributed by atoms with Crippen molar-refractivity contribution in [2.45, 2.75) is 6.92 Å². The van der Waals surface area contributed by atoms with E-state index in [0.29, 0.717) is 12.2 Å². The van der Waals surface area contributed by atoms with Gasteiger partial charge in [0.2, 0.25) is 5.13 Å². The molecule has 1 heterocycles. The minimum atomic E-state index is -0.206. The molecule has 0 bridgehead atoms. The molecule has 0 saturated carbocycles. The molecule has 0 aliphatic heterocycles. The summed E-state index contributed by atoms with van der Waals surface area (Å²) in [6, 6.07) is 0. The van der Waals surface area contributed by atoms with Gasteiger partial charge in [0, 0.05) is 11.9 Å². The second-order valence-corrected chi connectivity index (χ2v) is 2.76. The van der Waals surface area contributed by atoms with Crippen molar-refractivity contribution >= 4 is 22.4 Å². The number of rotatable bonds is 2. The van der Waals surface area contributed by atoms with Crippen LogP contribution in [0.4, 0.5) is 5.13 Å². The molecule has 5 heteroatoms. The van der Waals surface area contributed by atoms with E-state index in [4.69, 9.17) is 5.73 Å². The Morgan fingerprint density at radius 2 is 2.64 bits per heavy atom. The quantitative estimate of drug-likeness (QED) is 0.713. The average Bonchev–Trinajstić information content (AvgIpc) is 2.36. The number of nitrogens with one attached hydrogen (secondary N) is 2. The summed E-state index contributed by atoms with van der Waals surface area (Å²) in [6.45, 7) is 2.43. The lowest BCUT2D eigenvalue weighted by molar-refractivity contribution is 0.0951. The van der Waals surface area contributed by atoms with E-state index < -0.39 is 0 Å². The van der Waals surface area contributed by atoms with Crippen molar-refractivity contribution in [1.82, 2.24) is 16.0 Å². The molecule has 0 unspecified atom stereocenters. The van der Waals surface area contributed by atoms with E-state index in [1.54, 1.807) is 5.38 Å². The summed E-state index contributed by atoms with van der Waals surface area (Å²) in [5.74, 6) is -0.206. The number of hydrogen-bond acceptors (Lipinski definition) is 3. The minimum Gasteiger partial charge on any atom is -0.351 e. The Labute approximate surface area is 68.4 Å². The van der Waals surface area contributed by atoms with E-state index in [9.17, 15) is 4.79 Å². The van der Waals surface area contributed by atoms with Crippen LogP contribution in [0.5, 0.6) is 0 Å². The number of nitrogens with zero attached hydrogens (tertiary/aromatic N) is 1. The van der Waals surface area contributed by atoms with Gasteiger partial charge in [-0.05, 0) is 6.92 Å². The minimum absolute atomic E-state index is 0.172. The van der Waals surface area contributed by atoms with Crippen LogP contribution in [0.3, 0.4) is 0 Å². The fourth-order valence-corrected chi connectivity index (χ4v) is 1.16. The highest BCUT2D eigenvalue weighted by molar-refractivity contribution is 7.13. The van der Waals surface area contributed by atoms with Crippen molar-refractivity contribution in [3.05, 3.63) is 11.1 Å². The molecule has 0 fully saturated rings. The summed E-state index contributed by atoms with van der Waals surface area (Å²) in [5.41, 5.74) is 7.40. The Morgan fingerprint density at radius 1 is 1.91 bits per heavy atom. The van der Waals surface area contributed by atoms with E-state index in [-0.39, 0.29) is 11.0 Å². The van der Waals surface area contributed by atoms with Gasteiger partial charge in [-0.3, -0.25) is 10.5 Å². The Hall–Kier alpha value is -1.10. The summed E-state index contributed by atoms with van der Waals surface area (Å²) in [6.07, 6.45) is 0. The van der Waals surface area contributed by atoms with Crippen LogP contribution >= 0.6 is 11.3 Å². The molecule has 11 heavy (non-hydrogen) atoms. The first-order valence-electron chi connectivity index (χ1n) is 3.19. The number of amides is 1. The lowest BCUT2D eigenvalue weighted by Crippen LogP contribution is -2.22. The zero-order valence-electron chi connectivity index (χ0n) is 6.05. The number of carbonyl (C=O) groups is 1. The van der Waals surface area contributed by atoms with Crippen LogP contribution in [-0.2, 0) is 0 Å². The molecule has 59 valence electrons. The Morgan fingerprint density at radius 3 is 3.09 bits per heavy atom. The molecule has 0 atom stereocenters. The van der Waals surface area contributed by atoms with E-state index in [2.05, 4.69) is 10.3 Å². The Balaban J connectivity index is 2.69. The van der Waals surface area contributed by atoms with Gasteiger partial charge in [-0.2, -0.15) is 0 Å². The van der Waals surface area contributed by atoms with Gasteiger partial charge >= 0.3 is 0 Å². The molecule has 0 saturated heterocycles. The summed E-state index contributed by atoms with van der Waals surface area (Å²) < 4.78 is 0. The molecule has 1 rings (SSSR count). The topological polar surface area (TPSA) is 65.8 Å². The van der Waals surface area contributed by atoms with Crippen molar-refractivity contribution < 1.29 is 4.79 Å². The first-order chi connectivity index (χ1) is 5.24. The smallest absolute Gasteiger partial charge is 0.270 e. The summed E-state index contributed by atoms with van der Waals surface area (Å²) in [7, 11) is 0. The first-order valence-corrected chi connectivity index (χ1v) is 4.07. The molecule has 0 aliphatic rings. The Bertz CT molecular complexity index is 258. The highest BCUT2D eigenvalue weighted by atomic mass is 32.1. The van der Waals surface area contributed by atoms with E-state index in [0.717, 1.165) is 11.3 Å². The highest BCUT2D eigenvalue weighted by Crippen LogP contribution is 2.11. The second-order valence-electron chi connectivity index (χ2n) is 1.90. The SMILES string of the molecule is CCNC(=O)c1csc([NH])n1. The molecule has 4 nitrogen and oxygen atoms in total. The van der Waals surface area contributed by atoms with Crippen molar-refractivity contribution in [3.8, 4) is 0 Å². The van der Waals surface area contributed by atoms with Crippen LogP contribution in [0.15, 0.2) is 5.38 Å². The molecule has 2 N–H and O–H groups in total. The summed E-state index contributed by atoms with van der Waals surface area (Å²) in [5, 5.41) is 4.35. The third-order valence-electron chi connectivity index (χ3n) is 1.07. The Kier molecular flexibility index (Phi) is 2.43. The molecular weight excluding hydrogens is 162 g/mol. The molecule has 1 amide bonds.